The van der Waals surface area contributed by atoms with Gasteiger partial charge >= 0.3 is 0 Å². The van der Waals surface area contributed by atoms with E-state index in [9.17, 15) is 9.59 Å². The molecule has 46 heavy (non-hydrogen) atoms. The number of nitrogens with two attached hydrogens (primary N) is 1. The maximum Gasteiger partial charge on any atom is 0.267 e. The van der Waals surface area contributed by atoms with Crippen LogP contribution in [-0.4, -0.2) is 76.1 Å². The number of carbonyl (C=O) groups is 1. The molecular weight excluding hydrogens is 584 g/mol. The summed E-state index contributed by atoms with van der Waals surface area (Å²) in [5.74, 6) is 6.20. The first-order valence-corrected chi connectivity index (χ1v) is 14.8. The minimum atomic E-state index is -0.705. The van der Waals surface area contributed by atoms with Gasteiger partial charge in [0.15, 0.2) is 11.5 Å². The van der Waals surface area contributed by atoms with Crippen LogP contribution >= 0.6 is 0 Å². The Bertz CT molecular complexity index is 2200. The van der Waals surface area contributed by atoms with E-state index in [1.54, 1.807) is 49.8 Å². The molecule has 0 saturated carbocycles. The summed E-state index contributed by atoms with van der Waals surface area (Å²) in [6.07, 6.45) is 6.82. The quantitative estimate of drug-likeness (QED) is 0.228. The van der Waals surface area contributed by atoms with E-state index in [1.165, 1.54) is 9.08 Å². The van der Waals surface area contributed by atoms with Gasteiger partial charge in [-0.2, -0.15) is 5.10 Å². The van der Waals surface area contributed by atoms with Crippen LogP contribution in [0.4, 0.5) is 5.82 Å². The van der Waals surface area contributed by atoms with Crippen LogP contribution in [0.5, 0.6) is 0 Å². The summed E-state index contributed by atoms with van der Waals surface area (Å²) in [4.78, 5) is 39.1. The van der Waals surface area contributed by atoms with Crippen molar-refractivity contribution in [2.24, 2.45) is 0 Å². The van der Waals surface area contributed by atoms with Crippen molar-refractivity contribution in [1.29, 1.82) is 0 Å². The molecule has 1 atom stereocenters. The van der Waals surface area contributed by atoms with Gasteiger partial charge in [-0.3, -0.25) is 23.7 Å². The number of para-hydroxylation sites is 1. The zero-order chi connectivity index (χ0) is 31.8. The number of carbonyl (C=O) groups excluding carboxylic acids is 1. The summed E-state index contributed by atoms with van der Waals surface area (Å²) in [7, 11) is 0. The smallest absolute Gasteiger partial charge is 0.267 e. The average Bonchev–Trinajstić information content (AvgIpc) is 3.65. The minimum absolute atomic E-state index is 0.0421. The Labute approximate surface area is 262 Å². The monoisotopic (exact) mass is 614 g/mol. The SMILES string of the molecule is CC(NC(=O)c1c(N)nn2cccnc12)c1nc2cccc(C#Cc3cnn(C4CN(CCO)C4)c3)c2c(=O)n1-c1ccccc1. The predicted octanol–water partition coefficient (Wildman–Crippen LogP) is 1.95. The molecule has 2 aromatic carbocycles. The molecule has 1 saturated heterocycles. The first-order chi connectivity index (χ1) is 22.4. The molecule has 230 valence electrons. The van der Waals surface area contributed by atoms with Crippen LogP contribution in [0.15, 0.2) is 84.2 Å². The molecule has 4 aromatic heterocycles. The van der Waals surface area contributed by atoms with E-state index in [0.29, 0.717) is 40.2 Å². The number of β-amino-alcohol motifs (C(OH)–C–C–N with tert-alkyl or cyclic N) is 1. The summed E-state index contributed by atoms with van der Waals surface area (Å²) in [6, 6.07) is 15.7. The minimum Gasteiger partial charge on any atom is -0.395 e. The highest BCUT2D eigenvalue weighted by molar-refractivity contribution is 6.04. The number of aliphatic hydroxyl groups excluding tert-OH is 1. The Morgan fingerprint density at radius 2 is 1.96 bits per heavy atom. The normalized spacial score (nSPS) is 14.1. The molecule has 1 amide bonds. The van der Waals surface area contributed by atoms with E-state index < -0.39 is 11.9 Å². The van der Waals surface area contributed by atoms with Crippen molar-refractivity contribution < 1.29 is 9.90 Å². The fourth-order valence-corrected chi connectivity index (χ4v) is 5.70. The number of benzene rings is 2. The molecule has 1 aliphatic heterocycles. The summed E-state index contributed by atoms with van der Waals surface area (Å²) in [5, 5.41) is 21.1. The maximum atomic E-state index is 14.3. The largest absolute Gasteiger partial charge is 0.395 e. The standard InChI is InChI=1S/C33H30N10O3/c1-21(37-32(45)28-29(34)39-41-14-6-13-35-31(28)41)30-38-26-10-5-7-23(27(26)33(46)43(30)24-8-3-2-4-9-24)12-11-22-17-36-42(18-22)25-19-40(20-25)15-16-44/h2-10,13-14,17-18,21,25,44H,15-16,19-20H2,1H3,(H2,34,39)(H,37,45). The zero-order valence-corrected chi connectivity index (χ0v) is 24.9. The molecular formula is C33H30N10O3. The first kappa shape index (κ1) is 28.9. The number of aromatic nitrogens is 7. The molecule has 13 nitrogen and oxygen atoms in total. The average molecular weight is 615 g/mol. The maximum absolute atomic E-state index is 14.3. The molecule has 0 radical (unpaired) electrons. The second kappa shape index (κ2) is 11.9. The van der Waals surface area contributed by atoms with Gasteiger partial charge in [-0.25, -0.2) is 14.5 Å². The lowest BCUT2D eigenvalue weighted by Crippen LogP contribution is -2.48. The predicted molar refractivity (Wildman–Crippen MR) is 171 cm³/mol. The lowest BCUT2D eigenvalue weighted by atomic mass is 10.1. The van der Waals surface area contributed by atoms with Crippen LogP contribution in [0.2, 0.25) is 0 Å². The Kier molecular flexibility index (Phi) is 7.49. The number of rotatable bonds is 7. The van der Waals surface area contributed by atoms with Crippen molar-refractivity contribution in [2.75, 3.05) is 32.0 Å². The van der Waals surface area contributed by atoms with E-state index >= 15 is 0 Å². The number of hydrogen-bond donors (Lipinski definition) is 3. The zero-order valence-electron chi connectivity index (χ0n) is 24.9. The molecule has 0 bridgehead atoms. The number of nitrogen functional groups attached to an aromatic ring is 1. The number of likely N-dealkylation sites (tertiary alicyclic amines) is 1. The highest BCUT2D eigenvalue weighted by Gasteiger charge is 2.28. The molecule has 4 N–H and O–H groups in total. The fraction of sp³-hybridized carbons (Fsp3) is 0.212. The van der Waals surface area contributed by atoms with Crippen molar-refractivity contribution in [3.63, 3.8) is 0 Å². The van der Waals surface area contributed by atoms with E-state index in [1.807, 2.05) is 41.2 Å². The number of anilines is 1. The number of nitrogens with zero attached hydrogens (tertiary/aromatic N) is 8. The molecule has 6 aromatic rings. The van der Waals surface area contributed by atoms with Crippen molar-refractivity contribution in [3.8, 4) is 17.5 Å². The second-order valence-corrected chi connectivity index (χ2v) is 11.1. The van der Waals surface area contributed by atoms with Gasteiger partial charge in [-0.15, -0.1) is 5.10 Å². The van der Waals surface area contributed by atoms with Crippen molar-refractivity contribution >= 4 is 28.3 Å². The molecule has 1 unspecified atom stereocenters. The van der Waals surface area contributed by atoms with Gasteiger partial charge in [0.25, 0.3) is 11.5 Å². The Morgan fingerprint density at radius 3 is 2.76 bits per heavy atom. The molecule has 0 spiro atoms. The topological polar surface area (TPSA) is 161 Å². The summed E-state index contributed by atoms with van der Waals surface area (Å²) >= 11 is 0. The van der Waals surface area contributed by atoms with Crippen LogP contribution < -0.4 is 16.6 Å². The van der Waals surface area contributed by atoms with Gasteiger partial charge in [-0.05, 0) is 37.3 Å². The van der Waals surface area contributed by atoms with Gasteiger partial charge in [0.05, 0.1) is 47.0 Å². The van der Waals surface area contributed by atoms with Gasteiger partial charge < -0.3 is 16.2 Å². The number of fused-ring (bicyclic) bond motifs is 2. The van der Waals surface area contributed by atoms with Crippen LogP contribution in [0, 0.1) is 11.8 Å². The summed E-state index contributed by atoms with van der Waals surface area (Å²) in [6.45, 7) is 4.20. The third kappa shape index (κ3) is 5.25. The van der Waals surface area contributed by atoms with Crippen molar-refractivity contribution in [1.82, 2.24) is 44.1 Å². The molecule has 1 fully saturated rings. The van der Waals surface area contributed by atoms with E-state index in [0.717, 1.165) is 18.7 Å². The Balaban J connectivity index is 1.25. The highest BCUT2D eigenvalue weighted by Crippen LogP contribution is 2.23. The van der Waals surface area contributed by atoms with Crippen LogP contribution in [0.1, 0.15) is 46.3 Å². The second-order valence-electron chi connectivity index (χ2n) is 11.1. The Hall–Kier alpha value is -5.84. The van der Waals surface area contributed by atoms with E-state index in [-0.39, 0.29) is 29.6 Å². The number of nitrogens with one attached hydrogen (secondary N) is 1. The lowest BCUT2D eigenvalue weighted by molar-refractivity contribution is 0.0774. The van der Waals surface area contributed by atoms with Gasteiger partial charge in [0, 0.05) is 43.8 Å². The molecule has 7 rings (SSSR count). The molecule has 1 aliphatic rings. The number of hydrogen-bond acceptors (Lipinski definition) is 9. The molecule has 0 aliphatic carbocycles. The van der Waals surface area contributed by atoms with E-state index in [4.69, 9.17) is 15.8 Å². The van der Waals surface area contributed by atoms with Gasteiger partial charge in [0.1, 0.15) is 11.4 Å². The third-order valence-electron chi connectivity index (χ3n) is 7.99. The molecule has 5 heterocycles. The van der Waals surface area contributed by atoms with Gasteiger partial charge in [-0.1, -0.05) is 36.1 Å². The summed E-state index contributed by atoms with van der Waals surface area (Å²) < 4.78 is 4.84. The fourth-order valence-electron chi connectivity index (χ4n) is 5.70. The van der Waals surface area contributed by atoms with Gasteiger partial charge in [0.2, 0.25) is 0 Å². The highest BCUT2D eigenvalue weighted by atomic mass is 16.3. The number of amides is 1. The van der Waals surface area contributed by atoms with Crippen molar-refractivity contribution in [2.45, 2.75) is 19.0 Å². The summed E-state index contributed by atoms with van der Waals surface area (Å²) in [5.41, 5.74) is 8.53. The third-order valence-corrected chi connectivity index (χ3v) is 7.99. The van der Waals surface area contributed by atoms with E-state index in [2.05, 4.69) is 37.2 Å². The lowest BCUT2D eigenvalue weighted by Gasteiger charge is -2.38. The van der Waals surface area contributed by atoms with Crippen LogP contribution in [0.3, 0.4) is 0 Å². The van der Waals surface area contributed by atoms with Crippen LogP contribution in [-0.2, 0) is 0 Å². The van der Waals surface area contributed by atoms with Crippen molar-refractivity contribution in [3.05, 3.63) is 112 Å². The first-order valence-electron chi connectivity index (χ1n) is 14.8. The van der Waals surface area contributed by atoms with Crippen LogP contribution in [0.25, 0.3) is 22.2 Å². The Morgan fingerprint density at radius 1 is 1.13 bits per heavy atom. The molecule has 13 heteroatoms. The number of aliphatic hydroxyl groups is 1.